The molecule has 0 aromatic carbocycles. The fraction of sp³-hybridized carbons (Fsp3) is 0.875. The van der Waals surface area contributed by atoms with E-state index in [1.165, 1.54) is 7.11 Å². The van der Waals surface area contributed by atoms with Gasteiger partial charge < -0.3 is 4.74 Å². The molecule has 0 fully saturated rings. The minimum Gasteiger partial charge on any atom is -0.469 e. The molecule has 0 rings (SSSR count). The van der Waals surface area contributed by atoms with Crippen molar-refractivity contribution in [3.8, 4) is 0 Å². The van der Waals surface area contributed by atoms with Gasteiger partial charge in [0.2, 0.25) is 0 Å². The molecule has 0 aliphatic carbocycles. The minimum absolute atomic E-state index is 0.120. The highest BCUT2D eigenvalue weighted by atomic mass is 32.2. The molecular formula is C8H16O2S. The first-order chi connectivity index (χ1) is 5.06. The first-order valence-electron chi connectivity index (χ1n) is 3.78. The highest BCUT2D eigenvalue weighted by Crippen LogP contribution is 2.19. The molecule has 11 heavy (non-hydrogen) atoms. The van der Waals surface area contributed by atoms with Crippen LogP contribution in [0, 0.1) is 0 Å². The fourth-order valence-corrected chi connectivity index (χ4v) is 1.99. The predicted molar refractivity (Wildman–Crippen MR) is 48.8 cm³/mol. The number of hydrogen-bond acceptors (Lipinski definition) is 3. The molecule has 0 amide bonds. The smallest absolute Gasteiger partial charge is 0.306 e. The van der Waals surface area contributed by atoms with Crippen LogP contribution in [0.4, 0.5) is 0 Å². The summed E-state index contributed by atoms with van der Waals surface area (Å²) in [4.78, 5) is 10.8. The van der Waals surface area contributed by atoms with Gasteiger partial charge in [0.15, 0.2) is 0 Å². The largest absolute Gasteiger partial charge is 0.469 e. The van der Waals surface area contributed by atoms with Crippen molar-refractivity contribution in [2.24, 2.45) is 0 Å². The number of ether oxygens (including phenoxy) is 1. The predicted octanol–water partition coefficient (Wildman–Crippen LogP) is 2.08. The van der Waals surface area contributed by atoms with Gasteiger partial charge in [0, 0.05) is 5.25 Å². The van der Waals surface area contributed by atoms with E-state index in [0.29, 0.717) is 16.9 Å². The second-order valence-corrected chi connectivity index (χ2v) is 4.80. The number of thioether (sulfide) groups is 1. The maximum Gasteiger partial charge on any atom is 0.306 e. The molecule has 1 atom stereocenters. The number of carbonyl (C=O) groups is 1. The van der Waals surface area contributed by atoms with Crippen molar-refractivity contribution < 1.29 is 9.53 Å². The topological polar surface area (TPSA) is 26.3 Å². The molecule has 0 aromatic heterocycles. The molecule has 0 spiro atoms. The lowest BCUT2D eigenvalue weighted by Crippen LogP contribution is -2.10. The summed E-state index contributed by atoms with van der Waals surface area (Å²) >= 11 is 1.80. The van der Waals surface area contributed by atoms with Crippen molar-refractivity contribution in [3.63, 3.8) is 0 Å². The van der Waals surface area contributed by atoms with Crippen molar-refractivity contribution in [1.29, 1.82) is 0 Å². The third-order valence-corrected chi connectivity index (χ3v) is 2.36. The fourth-order valence-electron chi connectivity index (χ4n) is 0.831. The molecule has 0 radical (unpaired) electrons. The van der Waals surface area contributed by atoms with Crippen molar-refractivity contribution >= 4 is 17.7 Å². The number of carbonyl (C=O) groups excluding carboxylic acids is 1. The van der Waals surface area contributed by atoms with E-state index < -0.39 is 0 Å². The third kappa shape index (κ3) is 6.23. The summed E-state index contributed by atoms with van der Waals surface area (Å²) < 4.78 is 4.55. The quantitative estimate of drug-likeness (QED) is 0.613. The van der Waals surface area contributed by atoms with Gasteiger partial charge in [0.05, 0.1) is 13.5 Å². The van der Waals surface area contributed by atoms with Crippen LogP contribution in [0.15, 0.2) is 0 Å². The van der Waals surface area contributed by atoms with E-state index in [2.05, 4.69) is 18.6 Å². The summed E-state index contributed by atoms with van der Waals surface area (Å²) in [6.45, 7) is 6.29. The Kier molecular flexibility index (Phi) is 5.38. The zero-order valence-corrected chi connectivity index (χ0v) is 8.40. The first-order valence-corrected chi connectivity index (χ1v) is 4.72. The Balaban J connectivity index is 3.51. The van der Waals surface area contributed by atoms with E-state index in [-0.39, 0.29) is 5.97 Å². The van der Waals surface area contributed by atoms with E-state index in [4.69, 9.17) is 0 Å². The van der Waals surface area contributed by atoms with Crippen LogP contribution < -0.4 is 0 Å². The van der Waals surface area contributed by atoms with Crippen molar-refractivity contribution in [2.75, 3.05) is 7.11 Å². The van der Waals surface area contributed by atoms with E-state index >= 15 is 0 Å². The highest BCUT2D eigenvalue weighted by molar-refractivity contribution is 8.00. The minimum atomic E-state index is -0.120. The van der Waals surface area contributed by atoms with Crippen molar-refractivity contribution in [1.82, 2.24) is 0 Å². The Bertz CT molecular complexity index is 123. The Morgan fingerprint density at radius 2 is 2.00 bits per heavy atom. The van der Waals surface area contributed by atoms with Gasteiger partial charge in [0.1, 0.15) is 0 Å². The summed E-state index contributed by atoms with van der Waals surface area (Å²) in [7, 11) is 1.43. The van der Waals surface area contributed by atoms with Gasteiger partial charge in [-0.1, -0.05) is 20.8 Å². The summed E-state index contributed by atoms with van der Waals surface area (Å²) in [6, 6.07) is 0. The van der Waals surface area contributed by atoms with Crippen LogP contribution >= 0.6 is 11.8 Å². The van der Waals surface area contributed by atoms with Crippen LogP contribution in [0.1, 0.15) is 27.2 Å². The lowest BCUT2D eigenvalue weighted by Gasteiger charge is -2.11. The molecule has 0 aliphatic heterocycles. The molecule has 1 unspecified atom stereocenters. The SMILES string of the molecule is COC(=O)CC(C)SC(C)C. The molecule has 3 heteroatoms. The van der Waals surface area contributed by atoms with Gasteiger partial charge in [-0.2, -0.15) is 11.8 Å². The molecule has 0 aliphatic rings. The lowest BCUT2D eigenvalue weighted by molar-refractivity contribution is -0.140. The van der Waals surface area contributed by atoms with Gasteiger partial charge in [-0.05, 0) is 5.25 Å². The molecule has 0 heterocycles. The van der Waals surface area contributed by atoms with Gasteiger partial charge in [0.25, 0.3) is 0 Å². The second kappa shape index (κ2) is 5.47. The highest BCUT2D eigenvalue weighted by Gasteiger charge is 2.10. The zero-order valence-electron chi connectivity index (χ0n) is 7.59. The molecular weight excluding hydrogens is 160 g/mol. The number of hydrogen-bond donors (Lipinski definition) is 0. The third-order valence-electron chi connectivity index (χ3n) is 1.19. The number of methoxy groups -OCH3 is 1. The van der Waals surface area contributed by atoms with Crippen molar-refractivity contribution in [3.05, 3.63) is 0 Å². The van der Waals surface area contributed by atoms with Crippen LogP contribution in [0.25, 0.3) is 0 Å². The van der Waals surface area contributed by atoms with Crippen molar-refractivity contribution in [2.45, 2.75) is 37.7 Å². The van der Waals surface area contributed by atoms with Crippen LogP contribution in [-0.4, -0.2) is 23.6 Å². The average Bonchev–Trinajstić information content (AvgIpc) is 1.85. The van der Waals surface area contributed by atoms with Gasteiger partial charge in [-0.3, -0.25) is 4.79 Å². The maximum atomic E-state index is 10.8. The molecule has 0 saturated heterocycles. The number of rotatable bonds is 4. The van der Waals surface area contributed by atoms with Gasteiger partial charge in [-0.25, -0.2) is 0 Å². The van der Waals surface area contributed by atoms with Crippen LogP contribution in [0.3, 0.4) is 0 Å². The van der Waals surface area contributed by atoms with Crippen LogP contribution in [0.2, 0.25) is 0 Å². The van der Waals surface area contributed by atoms with Crippen LogP contribution in [0.5, 0.6) is 0 Å². The normalized spacial score (nSPS) is 13.2. The molecule has 0 bridgehead atoms. The molecule has 0 saturated carbocycles. The summed E-state index contributed by atoms with van der Waals surface area (Å²) in [5.41, 5.74) is 0. The van der Waals surface area contributed by atoms with Gasteiger partial charge >= 0.3 is 5.97 Å². The zero-order chi connectivity index (χ0) is 8.85. The van der Waals surface area contributed by atoms with E-state index in [1.54, 1.807) is 11.8 Å². The van der Waals surface area contributed by atoms with Crippen LogP contribution in [-0.2, 0) is 9.53 Å². The van der Waals surface area contributed by atoms with E-state index in [9.17, 15) is 4.79 Å². The molecule has 66 valence electrons. The maximum absolute atomic E-state index is 10.8. The van der Waals surface area contributed by atoms with E-state index in [0.717, 1.165) is 0 Å². The van der Waals surface area contributed by atoms with Gasteiger partial charge in [-0.15, -0.1) is 0 Å². The Hall–Kier alpha value is -0.180. The Morgan fingerprint density at radius 1 is 1.45 bits per heavy atom. The summed E-state index contributed by atoms with van der Waals surface area (Å²) in [6.07, 6.45) is 0.513. The average molecular weight is 176 g/mol. The summed E-state index contributed by atoms with van der Waals surface area (Å²) in [5, 5.41) is 0.942. The number of esters is 1. The molecule has 0 aromatic rings. The standard InChI is InChI=1S/C8H16O2S/c1-6(2)11-7(3)5-8(9)10-4/h6-7H,5H2,1-4H3. The lowest BCUT2D eigenvalue weighted by atomic mass is 10.3. The molecule has 2 nitrogen and oxygen atoms in total. The second-order valence-electron chi connectivity index (χ2n) is 2.78. The Labute approximate surface area is 72.7 Å². The molecule has 0 N–H and O–H groups in total. The Morgan fingerprint density at radius 3 is 2.36 bits per heavy atom. The monoisotopic (exact) mass is 176 g/mol. The summed E-state index contributed by atoms with van der Waals surface area (Å²) in [5.74, 6) is -0.120. The first kappa shape index (κ1) is 10.8. The van der Waals surface area contributed by atoms with E-state index in [1.807, 2.05) is 6.92 Å².